The van der Waals surface area contributed by atoms with Gasteiger partial charge in [0.15, 0.2) is 0 Å². The first kappa shape index (κ1) is 10.8. The van der Waals surface area contributed by atoms with Crippen molar-refractivity contribution in [2.75, 3.05) is 0 Å². The summed E-state index contributed by atoms with van der Waals surface area (Å²) >= 11 is 0. The van der Waals surface area contributed by atoms with Crippen molar-refractivity contribution >= 4 is 5.97 Å². The number of benzene rings is 1. The summed E-state index contributed by atoms with van der Waals surface area (Å²) in [6.45, 7) is 0. The van der Waals surface area contributed by atoms with Crippen LogP contribution in [0, 0.1) is 0 Å². The van der Waals surface area contributed by atoms with Crippen LogP contribution in [0.4, 0.5) is 0 Å². The van der Waals surface area contributed by atoms with Crippen LogP contribution in [0.25, 0.3) is 0 Å². The second-order valence-electron chi connectivity index (χ2n) is 4.77. The minimum absolute atomic E-state index is 0.137. The van der Waals surface area contributed by atoms with Crippen LogP contribution in [0.1, 0.15) is 42.5 Å². The Bertz CT molecular complexity index is 415. The zero-order valence-electron chi connectivity index (χ0n) is 9.72. The maximum Gasteiger partial charge on any atom is 0.340 e. The number of rotatable bonds is 2. The highest BCUT2D eigenvalue weighted by Crippen LogP contribution is 2.47. The van der Waals surface area contributed by atoms with Crippen molar-refractivity contribution in [3.8, 4) is 0 Å². The van der Waals surface area contributed by atoms with Gasteiger partial charge in [0.1, 0.15) is 6.10 Å². The standard InChI is InChI=1S/C14H16O3/c15-13(11-7-3-1-4-8-11)17-14-10-6-2-5-9-12(14)16-14/h1,3-4,7-8,12H,2,5-6,9-10H2/t12-,14+/m0/s1. The molecule has 1 aliphatic carbocycles. The van der Waals surface area contributed by atoms with Crippen LogP contribution in [0.3, 0.4) is 0 Å². The summed E-state index contributed by atoms with van der Waals surface area (Å²) < 4.78 is 11.2. The van der Waals surface area contributed by atoms with Gasteiger partial charge in [0.05, 0.1) is 5.56 Å². The Balaban J connectivity index is 1.69. The Morgan fingerprint density at radius 1 is 1.24 bits per heavy atom. The van der Waals surface area contributed by atoms with Gasteiger partial charge in [0, 0.05) is 6.42 Å². The topological polar surface area (TPSA) is 38.8 Å². The van der Waals surface area contributed by atoms with Crippen LogP contribution >= 0.6 is 0 Å². The molecule has 1 aromatic carbocycles. The summed E-state index contributed by atoms with van der Waals surface area (Å²) in [6.07, 6.45) is 5.47. The third-order valence-corrected chi connectivity index (χ3v) is 3.54. The summed E-state index contributed by atoms with van der Waals surface area (Å²) in [6, 6.07) is 9.11. The molecule has 1 saturated carbocycles. The normalized spacial score (nSPS) is 31.2. The van der Waals surface area contributed by atoms with Crippen LogP contribution in [-0.4, -0.2) is 17.9 Å². The maximum atomic E-state index is 12.0. The quantitative estimate of drug-likeness (QED) is 0.581. The summed E-state index contributed by atoms with van der Waals surface area (Å²) in [5.74, 6) is -0.862. The number of carbonyl (C=O) groups excluding carboxylic acids is 1. The monoisotopic (exact) mass is 232 g/mol. The largest absolute Gasteiger partial charge is 0.427 e. The van der Waals surface area contributed by atoms with Gasteiger partial charge in [0.2, 0.25) is 5.79 Å². The molecular formula is C14H16O3. The van der Waals surface area contributed by atoms with Crippen LogP contribution < -0.4 is 0 Å². The molecule has 3 rings (SSSR count). The first-order chi connectivity index (χ1) is 8.30. The number of esters is 1. The van der Waals surface area contributed by atoms with Gasteiger partial charge in [-0.3, -0.25) is 0 Å². The Labute approximate surface area is 101 Å². The van der Waals surface area contributed by atoms with Crippen LogP contribution in [0.15, 0.2) is 30.3 Å². The van der Waals surface area contributed by atoms with Crippen molar-refractivity contribution in [1.29, 1.82) is 0 Å². The van der Waals surface area contributed by atoms with Crippen molar-refractivity contribution in [3.05, 3.63) is 35.9 Å². The smallest absolute Gasteiger partial charge is 0.340 e. The molecule has 3 heteroatoms. The zero-order valence-corrected chi connectivity index (χ0v) is 9.72. The minimum atomic E-state index is -0.594. The summed E-state index contributed by atoms with van der Waals surface area (Å²) in [4.78, 5) is 12.0. The first-order valence-corrected chi connectivity index (χ1v) is 6.26. The van der Waals surface area contributed by atoms with Gasteiger partial charge in [-0.1, -0.05) is 31.0 Å². The number of carbonyl (C=O) groups is 1. The van der Waals surface area contributed by atoms with E-state index in [1.54, 1.807) is 12.1 Å². The van der Waals surface area contributed by atoms with Crippen molar-refractivity contribution in [2.24, 2.45) is 0 Å². The Hall–Kier alpha value is -1.35. The van der Waals surface area contributed by atoms with E-state index in [9.17, 15) is 4.79 Å². The summed E-state index contributed by atoms with van der Waals surface area (Å²) in [5, 5.41) is 0. The van der Waals surface area contributed by atoms with Crippen molar-refractivity contribution in [3.63, 3.8) is 0 Å². The van der Waals surface area contributed by atoms with Crippen molar-refractivity contribution in [2.45, 2.75) is 44.0 Å². The lowest BCUT2D eigenvalue weighted by Crippen LogP contribution is -2.23. The number of hydrogen-bond acceptors (Lipinski definition) is 3. The van der Waals surface area contributed by atoms with E-state index in [0.717, 1.165) is 19.3 Å². The van der Waals surface area contributed by atoms with E-state index >= 15 is 0 Å². The molecule has 0 bridgehead atoms. The lowest BCUT2D eigenvalue weighted by atomic mass is 10.1. The zero-order chi connectivity index (χ0) is 11.7. The SMILES string of the molecule is O=C(O[C@]12CCCCC[C@@H]1O2)c1ccccc1. The third-order valence-electron chi connectivity index (χ3n) is 3.54. The molecule has 2 fully saturated rings. The van der Waals surface area contributed by atoms with E-state index < -0.39 is 5.79 Å². The molecule has 1 aliphatic heterocycles. The molecule has 1 aromatic rings. The molecule has 0 radical (unpaired) electrons. The number of fused-ring (bicyclic) bond motifs is 1. The van der Waals surface area contributed by atoms with E-state index in [2.05, 4.69) is 0 Å². The maximum absolute atomic E-state index is 12.0. The fourth-order valence-corrected chi connectivity index (χ4v) is 2.51. The highest BCUT2D eigenvalue weighted by molar-refractivity contribution is 5.89. The average Bonchev–Trinajstić information content (AvgIpc) is 3.04. The number of epoxide rings is 1. The molecule has 1 heterocycles. The average molecular weight is 232 g/mol. The van der Waals surface area contributed by atoms with E-state index in [1.165, 1.54) is 12.8 Å². The summed E-state index contributed by atoms with van der Waals surface area (Å²) in [5.41, 5.74) is 0.598. The third kappa shape index (κ3) is 2.07. The highest BCUT2D eigenvalue weighted by atomic mass is 16.8. The van der Waals surface area contributed by atoms with E-state index in [0.29, 0.717) is 5.56 Å². The van der Waals surface area contributed by atoms with E-state index in [4.69, 9.17) is 9.47 Å². The van der Waals surface area contributed by atoms with Gasteiger partial charge in [-0.15, -0.1) is 0 Å². The van der Waals surface area contributed by atoms with E-state index in [1.807, 2.05) is 18.2 Å². The Kier molecular flexibility index (Phi) is 2.63. The molecule has 3 nitrogen and oxygen atoms in total. The van der Waals surface area contributed by atoms with Gasteiger partial charge in [-0.05, 0) is 25.0 Å². The van der Waals surface area contributed by atoms with Gasteiger partial charge >= 0.3 is 5.97 Å². The van der Waals surface area contributed by atoms with Crippen molar-refractivity contribution in [1.82, 2.24) is 0 Å². The Morgan fingerprint density at radius 2 is 2.06 bits per heavy atom. The second kappa shape index (κ2) is 4.15. The molecule has 90 valence electrons. The van der Waals surface area contributed by atoms with Gasteiger partial charge in [-0.25, -0.2) is 4.79 Å². The number of hydrogen-bond donors (Lipinski definition) is 0. The highest BCUT2D eigenvalue weighted by Gasteiger charge is 2.60. The molecule has 2 aliphatic rings. The van der Waals surface area contributed by atoms with Crippen LogP contribution in [-0.2, 0) is 9.47 Å². The Morgan fingerprint density at radius 3 is 2.88 bits per heavy atom. The molecule has 0 amide bonds. The second-order valence-corrected chi connectivity index (χ2v) is 4.77. The van der Waals surface area contributed by atoms with Crippen LogP contribution in [0.2, 0.25) is 0 Å². The molecule has 0 aromatic heterocycles. The molecule has 0 unspecified atom stereocenters. The first-order valence-electron chi connectivity index (χ1n) is 6.26. The van der Waals surface area contributed by atoms with Gasteiger partial charge in [0.25, 0.3) is 0 Å². The van der Waals surface area contributed by atoms with Crippen LogP contribution in [0.5, 0.6) is 0 Å². The molecule has 17 heavy (non-hydrogen) atoms. The molecule has 0 N–H and O–H groups in total. The molecular weight excluding hydrogens is 216 g/mol. The van der Waals surface area contributed by atoms with Gasteiger partial charge in [-0.2, -0.15) is 0 Å². The fourth-order valence-electron chi connectivity index (χ4n) is 2.51. The predicted octanol–water partition coefficient (Wildman–Crippen LogP) is 2.90. The summed E-state index contributed by atoms with van der Waals surface area (Å²) in [7, 11) is 0. The molecule has 0 spiro atoms. The lowest BCUT2D eigenvalue weighted by Gasteiger charge is -2.12. The lowest BCUT2D eigenvalue weighted by molar-refractivity contribution is -0.0229. The molecule has 2 atom stereocenters. The minimum Gasteiger partial charge on any atom is -0.427 e. The predicted molar refractivity (Wildman–Crippen MR) is 62.5 cm³/mol. The number of ether oxygens (including phenoxy) is 2. The van der Waals surface area contributed by atoms with Crippen molar-refractivity contribution < 1.29 is 14.3 Å². The van der Waals surface area contributed by atoms with Gasteiger partial charge < -0.3 is 9.47 Å². The fraction of sp³-hybridized carbons (Fsp3) is 0.500. The molecule has 1 saturated heterocycles. The van der Waals surface area contributed by atoms with E-state index in [-0.39, 0.29) is 12.1 Å².